The van der Waals surface area contributed by atoms with Gasteiger partial charge in [-0.1, -0.05) is 12.1 Å². The second-order valence-corrected chi connectivity index (χ2v) is 8.62. The molecule has 1 heterocycles. The summed E-state index contributed by atoms with van der Waals surface area (Å²) in [6.07, 6.45) is 1.97. The van der Waals surface area contributed by atoms with Crippen molar-refractivity contribution in [2.75, 3.05) is 39.5 Å². The summed E-state index contributed by atoms with van der Waals surface area (Å²) in [5, 5.41) is 6.21. The van der Waals surface area contributed by atoms with Crippen molar-refractivity contribution in [1.29, 1.82) is 0 Å². The van der Waals surface area contributed by atoms with E-state index in [1.165, 1.54) is 10.6 Å². The van der Waals surface area contributed by atoms with Crippen LogP contribution >= 0.6 is 0 Å². The zero-order valence-electron chi connectivity index (χ0n) is 16.8. The minimum absolute atomic E-state index is 0.00751. The molecule has 2 N–H and O–H groups in total. The van der Waals surface area contributed by atoms with E-state index in [9.17, 15) is 17.2 Å². The van der Waals surface area contributed by atoms with Gasteiger partial charge in [0.25, 0.3) is 0 Å². The fourth-order valence-electron chi connectivity index (χ4n) is 3.10. The molecule has 1 unspecified atom stereocenters. The molecule has 1 atom stereocenters. The quantitative estimate of drug-likeness (QED) is 0.453. The number of aliphatic imine (C=N–C) groups is 1. The molecule has 1 aromatic carbocycles. The van der Waals surface area contributed by atoms with Crippen molar-refractivity contribution in [2.45, 2.75) is 26.5 Å². The van der Waals surface area contributed by atoms with Crippen molar-refractivity contribution in [3.8, 4) is 11.5 Å². The van der Waals surface area contributed by atoms with Crippen LogP contribution in [0.15, 0.2) is 23.2 Å². The van der Waals surface area contributed by atoms with Crippen LogP contribution in [0.2, 0.25) is 0 Å². The van der Waals surface area contributed by atoms with E-state index in [0.29, 0.717) is 37.8 Å². The first-order valence-electron chi connectivity index (χ1n) is 9.33. The minimum atomic E-state index is -3.18. The van der Waals surface area contributed by atoms with Crippen LogP contribution in [0.3, 0.4) is 0 Å². The molecule has 1 fully saturated rings. The van der Waals surface area contributed by atoms with Gasteiger partial charge in [-0.3, -0.25) is 4.99 Å². The van der Waals surface area contributed by atoms with E-state index in [-0.39, 0.29) is 24.0 Å². The van der Waals surface area contributed by atoms with Crippen LogP contribution in [0, 0.1) is 5.92 Å². The zero-order valence-corrected chi connectivity index (χ0v) is 17.6. The Hall–Kier alpha value is -2.14. The first kappa shape index (κ1) is 23.1. The van der Waals surface area contributed by atoms with E-state index in [4.69, 9.17) is 4.74 Å². The fraction of sp³-hybridized carbons (Fsp3) is 0.611. The van der Waals surface area contributed by atoms with Crippen LogP contribution in [0.1, 0.15) is 18.9 Å². The molecule has 164 valence electrons. The molecule has 29 heavy (non-hydrogen) atoms. The predicted molar refractivity (Wildman–Crippen MR) is 107 cm³/mol. The van der Waals surface area contributed by atoms with Gasteiger partial charge in [0.1, 0.15) is 0 Å². The van der Waals surface area contributed by atoms with E-state index in [0.717, 1.165) is 6.42 Å². The molecule has 8 nitrogen and oxygen atoms in total. The number of hydrogen-bond donors (Lipinski definition) is 2. The topological polar surface area (TPSA) is 92.3 Å². The highest BCUT2D eigenvalue weighted by molar-refractivity contribution is 7.88. The summed E-state index contributed by atoms with van der Waals surface area (Å²) < 4.78 is 60.3. The molecule has 1 aromatic rings. The minimum Gasteiger partial charge on any atom is -0.490 e. The van der Waals surface area contributed by atoms with Gasteiger partial charge in [-0.25, -0.2) is 12.7 Å². The van der Waals surface area contributed by atoms with Crippen LogP contribution in [0.25, 0.3) is 0 Å². The van der Waals surface area contributed by atoms with Gasteiger partial charge in [-0.2, -0.15) is 8.78 Å². The molecule has 0 spiro atoms. The molecule has 2 rings (SSSR count). The standard InChI is InChI=1S/C18H28F2N4O4S/c1-4-27-15-7-5-6-14(16(15)28-17(19)20)11-23-18(21-2)22-10-13-8-9-24(12-13)29(3,25)26/h5-7,13,17H,4,8-12H2,1-3H3,(H2,21,22,23). The maximum Gasteiger partial charge on any atom is 0.387 e. The summed E-state index contributed by atoms with van der Waals surface area (Å²) in [6, 6.07) is 4.95. The number of hydrogen-bond acceptors (Lipinski definition) is 5. The second kappa shape index (κ2) is 10.6. The van der Waals surface area contributed by atoms with Crippen LogP contribution < -0.4 is 20.1 Å². The molecular formula is C18H28F2N4O4S. The number of ether oxygens (including phenoxy) is 2. The summed E-state index contributed by atoms with van der Waals surface area (Å²) in [6.45, 7) is 0.838. The summed E-state index contributed by atoms with van der Waals surface area (Å²) in [5.41, 5.74) is 0.503. The molecule has 1 saturated heterocycles. The van der Waals surface area contributed by atoms with E-state index in [1.54, 1.807) is 32.2 Å². The third-order valence-corrected chi connectivity index (χ3v) is 5.78. The Labute approximate surface area is 170 Å². The lowest BCUT2D eigenvalue weighted by Crippen LogP contribution is -2.40. The fourth-order valence-corrected chi connectivity index (χ4v) is 4.02. The van der Waals surface area contributed by atoms with Gasteiger partial charge in [0.15, 0.2) is 17.5 Å². The van der Waals surface area contributed by atoms with Crippen LogP contribution in [0.5, 0.6) is 11.5 Å². The smallest absolute Gasteiger partial charge is 0.387 e. The lowest BCUT2D eigenvalue weighted by atomic mass is 10.1. The maximum atomic E-state index is 12.8. The SMILES string of the molecule is CCOc1cccc(CNC(=NC)NCC2CCN(S(C)(=O)=O)C2)c1OC(F)F. The van der Waals surface area contributed by atoms with Crippen molar-refractivity contribution >= 4 is 16.0 Å². The van der Waals surface area contributed by atoms with E-state index < -0.39 is 16.6 Å². The highest BCUT2D eigenvalue weighted by atomic mass is 32.2. The Morgan fingerprint density at radius 2 is 2.14 bits per heavy atom. The molecule has 0 bridgehead atoms. The number of rotatable bonds is 9. The average Bonchev–Trinajstić information content (AvgIpc) is 3.13. The van der Waals surface area contributed by atoms with Gasteiger partial charge in [0.05, 0.1) is 12.9 Å². The normalized spacial score (nSPS) is 18.1. The van der Waals surface area contributed by atoms with Crippen molar-refractivity contribution in [2.24, 2.45) is 10.9 Å². The Balaban J connectivity index is 1.95. The van der Waals surface area contributed by atoms with Gasteiger partial charge in [0.2, 0.25) is 10.0 Å². The van der Waals surface area contributed by atoms with Crippen LogP contribution in [-0.2, 0) is 16.6 Å². The molecular weight excluding hydrogens is 406 g/mol. The molecule has 0 aliphatic carbocycles. The van der Waals surface area contributed by atoms with Gasteiger partial charge in [0, 0.05) is 38.8 Å². The van der Waals surface area contributed by atoms with Gasteiger partial charge >= 0.3 is 6.61 Å². The number of sulfonamides is 1. The number of benzene rings is 1. The Kier molecular flexibility index (Phi) is 8.45. The zero-order chi connectivity index (χ0) is 21.4. The Bertz CT molecular complexity index is 805. The second-order valence-electron chi connectivity index (χ2n) is 6.64. The highest BCUT2D eigenvalue weighted by Gasteiger charge is 2.28. The van der Waals surface area contributed by atoms with Crippen molar-refractivity contribution in [3.63, 3.8) is 0 Å². The van der Waals surface area contributed by atoms with Crippen molar-refractivity contribution < 1.29 is 26.7 Å². The first-order valence-corrected chi connectivity index (χ1v) is 11.2. The molecule has 0 aromatic heterocycles. The van der Waals surface area contributed by atoms with Crippen LogP contribution in [0.4, 0.5) is 8.78 Å². The highest BCUT2D eigenvalue weighted by Crippen LogP contribution is 2.32. The van der Waals surface area contributed by atoms with Gasteiger partial charge in [-0.15, -0.1) is 0 Å². The largest absolute Gasteiger partial charge is 0.490 e. The number of halogens is 2. The lowest BCUT2D eigenvalue weighted by Gasteiger charge is -2.18. The molecule has 0 radical (unpaired) electrons. The third-order valence-electron chi connectivity index (χ3n) is 4.51. The number of alkyl halides is 2. The van der Waals surface area contributed by atoms with E-state index in [2.05, 4.69) is 20.4 Å². The van der Waals surface area contributed by atoms with E-state index in [1.807, 2.05) is 0 Å². The number of para-hydroxylation sites is 1. The monoisotopic (exact) mass is 434 g/mol. The molecule has 0 saturated carbocycles. The maximum absolute atomic E-state index is 12.8. The third kappa shape index (κ3) is 7.00. The number of nitrogens with zero attached hydrogens (tertiary/aromatic N) is 2. The molecule has 1 aliphatic rings. The Morgan fingerprint density at radius 3 is 2.72 bits per heavy atom. The van der Waals surface area contributed by atoms with Crippen molar-refractivity contribution in [1.82, 2.24) is 14.9 Å². The predicted octanol–water partition coefficient (Wildman–Crippen LogP) is 1.63. The van der Waals surface area contributed by atoms with Gasteiger partial charge in [-0.05, 0) is 25.3 Å². The lowest BCUT2D eigenvalue weighted by molar-refractivity contribution is -0.0520. The Morgan fingerprint density at radius 1 is 1.38 bits per heavy atom. The number of nitrogens with one attached hydrogen (secondary N) is 2. The summed E-state index contributed by atoms with van der Waals surface area (Å²) in [4.78, 5) is 4.12. The summed E-state index contributed by atoms with van der Waals surface area (Å²) in [7, 11) is -1.58. The average molecular weight is 435 g/mol. The molecule has 11 heteroatoms. The van der Waals surface area contributed by atoms with E-state index >= 15 is 0 Å². The first-order chi connectivity index (χ1) is 13.7. The summed E-state index contributed by atoms with van der Waals surface area (Å²) in [5.74, 6) is 0.892. The van der Waals surface area contributed by atoms with Crippen LogP contribution in [-0.4, -0.2) is 64.8 Å². The molecule has 0 amide bonds. The van der Waals surface area contributed by atoms with Gasteiger partial charge < -0.3 is 20.1 Å². The molecule has 1 aliphatic heterocycles. The summed E-state index contributed by atoms with van der Waals surface area (Å²) >= 11 is 0. The van der Waals surface area contributed by atoms with Crippen molar-refractivity contribution in [3.05, 3.63) is 23.8 Å². The number of guanidine groups is 1.